The number of benzene rings is 1. The molecular formula is C27H37N7O3S. The van der Waals surface area contributed by atoms with E-state index in [0.717, 1.165) is 68.3 Å². The van der Waals surface area contributed by atoms with Gasteiger partial charge in [0.25, 0.3) is 0 Å². The van der Waals surface area contributed by atoms with Crippen LogP contribution in [0.15, 0.2) is 47.2 Å². The van der Waals surface area contributed by atoms with Crippen LogP contribution >= 0.6 is 0 Å². The molecular weight excluding hydrogens is 502 g/mol. The number of anilines is 1. The van der Waals surface area contributed by atoms with E-state index in [1.165, 1.54) is 0 Å². The van der Waals surface area contributed by atoms with E-state index in [9.17, 15) is 13.5 Å². The van der Waals surface area contributed by atoms with Crippen LogP contribution in [0.1, 0.15) is 57.9 Å². The quantitative estimate of drug-likeness (QED) is 0.282. The lowest BCUT2D eigenvalue weighted by Gasteiger charge is -2.22. The molecule has 10 nitrogen and oxygen atoms in total. The van der Waals surface area contributed by atoms with Gasteiger partial charge < -0.3 is 15.7 Å². The minimum atomic E-state index is -3.59. The molecule has 0 amide bonds. The Bertz CT molecular complexity index is 1380. The molecule has 1 atom stereocenters. The maximum atomic E-state index is 12.9. The second-order valence-corrected chi connectivity index (χ2v) is 12.0. The second kappa shape index (κ2) is 11.8. The zero-order chi connectivity index (χ0) is 26.5. The van der Waals surface area contributed by atoms with E-state index in [0.29, 0.717) is 42.7 Å². The number of rotatable bonds is 10. The van der Waals surface area contributed by atoms with Crippen LogP contribution in [0, 0.1) is 5.92 Å². The molecule has 1 saturated heterocycles. The first-order valence-electron chi connectivity index (χ1n) is 13.6. The summed E-state index contributed by atoms with van der Waals surface area (Å²) >= 11 is 0. The average molecular weight is 540 g/mol. The second-order valence-electron chi connectivity index (χ2n) is 10.2. The maximum absolute atomic E-state index is 12.9. The molecule has 0 radical (unpaired) electrons. The van der Waals surface area contributed by atoms with Crippen LogP contribution in [-0.2, 0) is 10.0 Å². The van der Waals surface area contributed by atoms with Crippen LogP contribution in [-0.4, -0.2) is 59.5 Å². The monoisotopic (exact) mass is 539 g/mol. The van der Waals surface area contributed by atoms with Gasteiger partial charge in [-0.2, -0.15) is 10.1 Å². The number of hydrogen-bond donors (Lipinski definition) is 4. The molecule has 3 aromatic rings. The largest absolute Gasteiger partial charge is 0.513 e. The molecule has 1 fully saturated rings. The zero-order valence-corrected chi connectivity index (χ0v) is 22.7. The number of nitrogens with zero attached hydrogens (tertiary/aromatic N) is 4. The predicted molar refractivity (Wildman–Crippen MR) is 149 cm³/mol. The lowest BCUT2D eigenvalue weighted by Crippen LogP contribution is -2.35. The van der Waals surface area contributed by atoms with Crippen LogP contribution in [0.25, 0.3) is 22.3 Å². The van der Waals surface area contributed by atoms with Gasteiger partial charge in [-0.15, -0.1) is 0 Å². The molecule has 0 spiro atoms. The molecule has 0 bridgehead atoms. The first-order valence-corrected chi connectivity index (χ1v) is 15.1. The maximum Gasteiger partial charge on any atom is 0.240 e. The van der Waals surface area contributed by atoms with Gasteiger partial charge in [-0.05, 0) is 69.3 Å². The molecule has 1 aliphatic carbocycles. The van der Waals surface area contributed by atoms with Gasteiger partial charge in [-0.25, -0.2) is 22.8 Å². The molecule has 5 rings (SSSR count). The topological polar surface area (TPSA) is 134 Å². The van der Waals surface area contributed by atoms with E-state index in [4.69, 9.17) is 10.1 Å². The highest BCUT2D eigenvalue weighted by Crippen LogP contribution is 2.34. The van der Waals surface area contributed by atoms with E-state index in [2.05, 4.69) is 27.3 Å². The molecule has 0 unspecified atom stereocenters. The normalized spacial score (nSPS) is 19.0. The lowest BCUT2D eigenvalue weighted by atomic mass is 9.99. The first kappa shape index (κ1) is 26.6. The van der Waals surface area contributed by atoms with Gasteiger partial charge in [0.05, 0.1) is 22.1 Å². The summed E-state index contributed by atoms with van der Waals surface area (Å²) in [5.74, 6) is 1.34. The highest BCUT2D eigenvalue weighted by atomic mass is 32.2. The number of fused-ring (bicyclic) bond motifs is 1. The standard InChI is InChI=1S/C27H37N7O3S/c1-2-3-14-29-27-30-18-24-25(33-34(26(24)32-27)21-6-8-22(35)9-7-21)20-4-10-23(11-5-20)38(36,37)31-17-19-12-15-28-16-13-19/h4-5,8,10-11,18-19,21,28,31,35H,2-3,6-7,9,12-17H2,1H3,(H,29,30,32)/t21-/m1/s1. The Morgan fingerprint density at radius 3 is 2.66 bits per heavy atom. The van der Waals surface area contributed by atoms with Crippen LogP contribution in [0.2, 0.25) is 0 Å². The summed E-state index contributed by atoms with van der Waals surface area (Å²) < 4.78 is 30.6. The Morgan fingerprint density at radius 1 is 1.16 bits per heavy atom. The molecule has 1 aromatic carbocycles. The van der Waals surface area contributed by atoms with Crippen molar-refractivity contribution >= 4 is 27.0 Å². The Morgan fingerprint density at radius 2 is 1.95 bits per heavy atom. The van der Waals surface area contributed by atoms with E-state index in [1.807, 2.05) is 10.8 Å². The van der Waals surface area contributed by atoms with Crippen molar-refractivity contribution in [2.75, 3.05) is 31.5 Å². The van der Waals surface area contributed by atoms with Crippen molar-refractivity contribution in [3.8, 4) is 11.3 Å². The summed E-state index contributed by atoms with van der Waals surface area (Å²) in [6, 6.07) is 6.93. The Labute approximate surface area is 224 Å². The van der Waals surface area contributed by atoms with Gasteiger partial charge in [0, 0.05) is 31.3 Å². The van der Waals surface area contributed by atoms with Crippen molar-refractivity contribution in [2.24, 2.45) is 5.92 Å². The smallest absolute Gasteiger partial charge is 0.240 e. The SMILES string of the molecule is CCCCNc1ncc2c(-c3ccc(S(=O)(=O)NCC4CCNCC4)cc3)nn([C@@H]3CC=C(O)CC3)c2n1. The van der Waals surface area contributed by atoms with Gasteiger partial charge in [-0.3, -0.25) is 0 Å². The number of hydrogen-bond acceptors (Lipinski definition) is 8. The van der Waals surface area contributed by atoms with Crippen molar-refractivity contribution in [2.45, 2.75) is 62.8 Å². The van der Waals surface area contributed by atoms with E-state index in [1.54, 1.807) is 30.5 Å². The van der Waals surface area contributed by atoms with E-state index < -0.39 is 10.0 Å². The minimum Gasteiger partial charge on any atom is -0.513 e. The molecule has 1 aliphatic heterocycles. The molecule has 11 heteroatoms. The number of aromatic nitrogens is 4. The van der Waals surface area contributed by atoms with E-state index >= 15 is 0 Å². The number of aliphatic hydroxyl groups excluding tert-OH is 1. The van der Waals surface area contributed by atoms with Crippen molar-refractivity contribution in [3.63, 3.8) is 0 Å². The molecule has 4 N–H and O–H groups in total. The Hall–Kier alpha value is -3.02. The molecule has 2 aromatic heterocycles. The summed E-state index contributed by atoms with van der Waals surface area (Å²) in [6.45, 7) is 5.25. The third-order valence-electron chi connectivity index (χ3n) is 7.43. The highest BCUT2D eigenvalue weighted by Gasteiger charge is 2.24. The number of sulfonamides is 1. The molecule has 3 heterocycles. The summed E-state index contributed by atoms with van der Waals surface area (Å²) in [5, 5.41) is 22.2. The molecule has 0 saturated carbocycles. The van der Waals surface area contributed by atoms with Crippen molar-refractivity contribution in [3.05, 3.63) is 42.3 Å². The number of piperidine rings is 1. The zero-order valence-electron chi connectivity index (χ0n) is 21.9. The fourth-order valence-electron chi connectivity index (χ4n) is 5.07. The van der Waals surface area contributed by atoms with Gasteiger partial charge in [0.2, 0.25) is 16.0 Å². The molecule has 2 aliphatic rings. The number of allylic oxidation sites excluding steroid dienone is 2. The third kappa shape index (κ3) is 6.00. The van der Waals surface area contributed by atoms with Gasteiger partial charge >= 0.3 is 0 Å². The molecule has 38 heavy (non-hydrogen) atoms. The molecule has 204 valence electrons. The average Bonchev–Trinajstić information content (AvgIpc) is 3.32. The highest BCUT2D eigenvalue weighted by molar-refractivity contribution is 7.89. The Balaban J connectivity index is 1.42. The lowest BCUT2D eigenvalue weighted by molar-refractivity contribution is 0.327. The first-order chi connectivity index (χ1) is 18.4. The van der Waals surface area contributed by atoms with Crippen LogP contribution in [0.3, 0.4) is 0 Å². The summed E-state index contributed by atoms with van der Waals surface area (Å²) in [4.78, 5) is 9.56. The summed E-state index contributed by atoms with van der Waals surface area (Å²) in [6.07, 6.45) is 9.74. The van der Waals surface area contributed by atoms with Crippen LogP contribution in [0.4, 0.5) is 5.95 Å². The van der Waals surface area contributed by atoms with Crippen LogP contribution < -0.4 is 15.4 Å². The van der Waals surface area contributed by atoms with Gasteiger partial charge in [0.1, 0.15) is 5.69 Å². The summed E-state index contributed by atoms with van der Waals surface area (Å²) in [7, 11) is -3.59. The summed E-state index contributed by atoms with van der Waals surface area (Å²) in [5.41, 5.74) is 2.25. The predicted octanol–water partition coefficient (Wildman–Crippen LogP) is 4.15. The van der Waals surface area contributed by atoms with E-state index in [-0.39, 0.29) is 10.9 Å². The fraction of sp³-hybridized carbons (Fsp3) is 0.519. The van der Waals surface area contributed by atoms with Gasteiger partial charge in [-0.1, -0.05) is 25.5 Å². The number of unbranched alkanes of at least 4 members (excludes halogenated alkanes) is 1. The number of nitrogens with one attached hydrogen (secondary N) is 3. The van der Waals surface area contributed by atoms with Crippen molar-refractivity contribution in [1.29, 1.82) is 0 Å². The fourth-order valence-corrected chi connectivity index (χ4v) is 6.19. The van der Waals surface area contributed by atoms with Crippen molar-refractivity contribution < 1.29 is 13.5 Å². The Kier molecular flexibility index (Phi) is 8.25. The number of aliphatic hydroxyl groups is 1. The third-order valence-corrected chi connectivity index (χ3v) is 8.87. The van der Waals surface area contributed by atoms with Gasteiger partial charge in [0.15, 0.2) is 5.65 Å². The van der Waals surface area contributed by atoms with Crippen LogP contribution in [0.5, 0.6) is 0 Å². The minimum absolute atomic E-state index is 0.0689. The van der Waals surface area contributed by atoms with Crippen molar-refractivity contribution in [1.82, 2.24) is 29.8 Å².